The Kier molecular flexibility index (Phi) is 17.5. The molecule has 1 rings (SSSR count). The molecule has 0 radical (unpaired) electrons. The van der Waals surface area contributed by atoms with Crippen LogP contribution in [0.2, 0.25) is 4.71 Å². The number of hydrogen-bond donors (Lipinski definition) is 0. The molecule has 0 amide bonds. The van der Waals surface area contributed by atoms with Crippen molar-refractivity contribution in [3.05, 3.63) is 35.9 Å². The van der Waals surface area contributed by atoms with E-state index in [0.717, 1.165) is 10.6 Å². The minimum atomic E-state index is 0. The van der Waals surface area contributed by atoms with E-state index in [1.165, 1.54) is 89.0 Å². The Morgan fingerprint density at radius 3 is 1.84 bits per heavy atom. The number of rotatable bonds is 15. The van der Waals surface area contributed by atoms with E-state index in [1.54, 1.807) is 0 Å². The van der Waals surface area contributed by atoms with Gasteiger partial charge in [-0.05, 0) is 0 Å². The minimum Gasteiger partial charge on any atom is -0.147 e. The SMILES string of the molecule is CCCCCCCCCCCC([AsH2])C(CCC)Cc1ccccc1.Cl. The molecule has 1 aromatic carbocycles. The largest absolute Gasteiger partial charge is 0.147 e. The van der Waals surface area contributed by atoms with E-state index >= 15 is 0 Å². The normalized spacial score (nSPS) is 13.2. The van der Waals surface area contributed by atoms with E-state index in [4.69, 9.17) is 0 Å². The van der Waals surface area contributed by atoms with Crippen molar-refractivity contribution in [2.24, 2.45) is 5.92 Å². The van der Waals surface area contributed by atoms with Crippen LogP contribution < -0.4 is 0 Å². The van der Waals surface area contributed by atoms with Crippen LogP contribution in [0.3, 0.4) is 0 Å². The van der Waals surface area contributed by atoms with E-state index < -0.39 is 0 Å². The summed E-state index contributed by atoms with van der Waals surface area (Å²) in [5.74, 6) is 0.895. The van der Waals surface area contributed by atoms with Crippen molar-refractivity contribution in [1.29, 1.82) is 0 Å². The Labute approximate surface area is 172 Å². The summed E-state index contributed by atoms with van der Waals surface area (Å²) in [6, 6.07) is 11.1. The molecule has 0 heterocycles. The maximum absolute atomic E-state index is 2.34. The van der Waals surface area contributed by atoms with Gasteiger partial charge in [0.25, 0.3) is 0 Å². The van der Waals surface area contributed by atoms with Gasteiger partial charge in [-0.15, -0.1) is 12.4 Å². The zero-order valence-electron chi connectivity index (χ0n) is 16.7. The summed E-state index contributed by atoms with van der Waals surface area (Å²) in [6.07, 6.45) is 18.5. The van der Waals surface area contributed by atoms with Crippen LogP contribution in [0.25, 0.3) is 0 Å². The second-order valence-electron chi connectivity index (χ2n) is 7.52. The maximum atomic E-state index is 2.34. The standard InChI is InChI=1S/C23H41As.ClH/c1-3-5-6-7-8-9-10-11-15-19-23(24)22(16-4-2)20-21-17-13-12-14-18-21;/h12-14,17-18,22-23H,3-11,15-16,19-20,24H2,1-2H3;1H. The Hall–Kier alpha value is 0.0684. The fourth-order valence-electron chi connectivity index (χ4n) is 3.68. The van der Waals surface area contributed by atoms with Crippen LogP contribution in [0, 0.1) is 5.92 Å². The third-order valence-corrected chi connectivity index (χ3v) is 7.09. The van der Waals surface area contributed by atoms with Crippen molar-refractivity contribution in [3.63, 3.8) is 0 Å². The second kappa shape index (κ2) is 17.5. The van der Waals surface area contributed by atoms with Gasteiger partial charge in [0, 0.05) is 0 Å². The molecule has 0 N–H and O–H groups in total. The molecule has 25 heavy (non-hydrogen) atoms. The first-order chi connectivity index (χ1) is 11.8. The number of hydrogen-bond acceptors (Lipinski definition) is 0. The van der Waals surface area contributed by atoms with Gasteiger partial charge in [0.05, 0.1) is 0 Å². The summed E-state index contributed by atoms with van der Waals surface area (Å²) >= 11 is 1.99. The molecule has 1 aromatic rings. The van der Waals surface area contributed by atoms with Crippen molar-refractivity contribution in [1.82, 2.24) is 0 Å². The van der Waals surface area contributed by atoms with Gasteiger partial charge in [0.15, 0.2) is 0 Å². The summed E-state index contributed by atoms with van der Waals surface area (Å²) < 4.78 is 0.933. The van der Waals surface area contributed by atoms with Crippen LogP contribution in [-0.2, 0) is 6.42 Å². The fraction of sp³-hybridized carbons (Fsp3) is 0.739. The topological polar surface area (TPSA) is 0 Å². The first-order valence-electron chi connectivity index (χ1n) is 10.6. The van der Waals surface area contributed by atoms with Gasteiger partial charge in [-0.1, -0.05) is 0 Å². The van der Waals surface area contributed by atoms with Gasteiger partial charge in [0.1, 0.15) is 0 Å². The Balaban J connectivity index is 0.00000576. The Bertz CT molecular complexity index is 379. The first kappa shape index (κ1) is 25.1. The molecule has 0 aliphatic carbocycles. The zero-order chi connectivity index (χ0) is 17.5. The van der Waals surface area contributed by atoms with E-state index in [0.29, 0.717) is 0 Å². The molecule has 0 bridgehead atoms. The predicted molar refractivity (Wildman–Crippen MR) is 120 cm³/mol. The Morgan fingerprint density at radius 1 is 0.720 bits per heavy atom. The number of benzene rings is 1. The molecule has 0 aromatic heterocycles. The molecular weight excluding hydrogens is 387 g/mol. The van der Waals surface area contributed by atoms with Crippen molar-refractivity contribution in [3.8, 4) is 0 Å². The average molecular weight is 429 g/mol. The molecule has 0 saturated carbocycles. The van der Waals surface area contributed by atoms with Crippen LogP contribution in [0.5, 0.6) is 0 Å². The molecule has 146 valence electrons. The summed E-state index contributed by atoms with van der Waals surface area (Å²) in [5.41, 5.74) is 1.53. The first-order valence-corrected chi connectivity index (χ1v) is 12.0. The summed E-state index contributed by atoms with van der Waals surface area (Å²) in [4.78, 5) is 0. The second-order valence-corrected chi connectivity index (χ2v) is 9.32. The monoisotopic (exact) mass is 428 g/mol. The van der Waals surface area contributed by atoms with Crippen LogP contribution in [0.15, 0.2) is 30.3 Å². The van der Waals surface area contributed by atoms with E-state index in [1.807, 2.05) is 16.9 Å². The van der Waals surface area contributed by atoms with Crippen LogP contribution in [0.4, 0.5) is 0 Å². The predicted octanol–water partition coefficient (Wildman–Crippen LogP) is 7.41. The van der Waals surface area contributed by atoms with Crippen LogP contribution in [-0.4, -0.2) is 16.9 Å². The molecule has 0 fully saturated rings. The zero-order valence-corrected chi connectivity index (χ0v) is 20.0. The minimum absolute atomic E-state index is 0. The van der Waals surface area contributed by atoms with E-state index in [-0.39, 0.29) is 12.4 Å². The van der Waals surface area contributed by atoms with Crippen molar-refractivity contribution >= 4 is 29.3 Å². The van der Waals surface area contributed by atoms with Gasteiger partial charge in [0.2, 0.25) is 0 Å². The van der Waals surface area contributed by atoms with Gasteiger partial charge in [-0.2, -0.15) is 0 Å². The number of unbranched alkanes of at least 4 members (excludes halogenated alkanes) is 8. The third kappa shape index (κ3) is 13.0. The van der Waals surface area contributed by atoms with Gasteiger partial charge < -0.3 is 0 Å². The summed E-state index contributed by atoms with van der Waals surface area (Å²) in [6.45, 7) is 4.64. The van der Waals surface area contributed by atoms with Gasteiger partial charge in [-0.3, -0.25) is 0 Å². The van der Waals surface area contributed by atoms with E-state index in [2.05, 4.69) is 44.2 Å². The average Bonchev–Trinajstić information content (AvgIpc) is 2.60. The maximum Gasteiger partial charge on any atom is -0.147 e. The third-order valence-electron chi connectivity index (χ3n) is 5.25. The Morgan fingerprint density at radius 2 is 1.28 bits per heavy atom. The van der Waals surface area contributed by atoms with E-state index in [9.17, 15) is 0 Å². The van der Waals surface area contributed by atoms with Gasteiger partial charge >= 0.3 is 161 Å². The molecule has 0 aliphatic rings. The fourth-order valence-corrected chi connectivity index (χ4v) is 4.87. The van der Waals surface area contributed by atoms with Crippen LogP contribution >= 0.6 is 12.4 Å². The van der Waals surface area contributed by atoms with Crippen molar-refractivity contribution in [2.45, 2.75) is 102 Å². The smallest absolute Gasteiger partial charge is 0.147 e. The van der Waals surface area contributed by atoms with Crippen molar-refractivity contribution in [2.75, 3.05) is 0 Å². The molecule has 0 saturated heterocycles. The summed E-state index contributed by atoms with van der Waals surface area (Å²) in [7, 11) is 0. The molecule has 3 atom stereocenters. The quantitative estimate of drug-likeness (QED) is 0.201. The molecule has 0 spiro atoms. The molecular formula is C23H42AsCl. The molecule has 0 aliphatic heterocycles. The molecule has 2 heteroatoms. The van der Waals surface area contributed by atoms with Crippen molar-refractivity contribution < 1.29 is 0 Å². The molecule has 3 unspecified atom stereocenters. The number of halogens is 1. The summed E-state index contributed by atoms with van der Waals surface area (Å²) in [5, 5.41) is 0. The van der Waals surface area contributed by atoms with Gasteiger partial charge in [-0.25, -0.2) is 0 Å². The van der Waals surface area contributed by atoms with Crippen LogP contribution in [0.1, 0.15) is 96.5 Å². The molecule has 0 nitrogen and oxygen atoms in total.